The van der Waals surface area contributed by atoms with Crippen LogP contribution >= 0.6 is 0 Å². The molecule has 11 rings (SSSR count). The monoisotopic (exact) mass is 794 g/mol. The largest absolute Gasteiger partial charge is 0.456 e. The van der Waals surface area contributed by atoms with E-state index in [2.05, 4.69) is 253 Å². The third kappa shape index (κ3) is 6.86. The molecule has 62 heavy (non-hydrogen) atoms. The zero-order valence-electron chi connectivity index (χ0n) is 34.3. The number of benzene rings is 10. The van der Waals surface area contributed by atoms with E-state index in [-0.39, 0.29) is 0 Å². The molecule has 294 valence electrons. The first-order chi connectivity index (χ1) is 30.6. The predicted molar refractivity (Wildman–Crippen MR) is 262 cm³/mol. The van der Waals surface area contributed by atoms with Crippen molar-refractivity contribution >= 4 is 66.8 Å². The number of fused-ring (bicyclic) bond motifs is 4. The maximum atomic E-state index is 6.52. The van der Waals surface area contributed by atoms with E-state index in [4.69, 9.17) is 4.42 Å². The molecule has 3 nitrogen and oxygen atoms in total. The van der Waals surface area contributed by atoms with Crippen LogP contribution in [0.3, 0.4) is 0 Å². The maximum absolute atomic E-state index is 6.52. The Labute approximate surface area is 362 Å². The van der Waals surface area contributed by atoms with Crippen molar-refractivity contribution in [2.45, 2.75) is 6.92 Å². The molecule has 0 aliphatic heterocycles. The van der Waals surface area contributed by atoms with Crippen molar-refractivity contribution in [1.29, 1.82) is 0 Å². The molecule has 0 N–H and O–H groups in total. The van der Waals surface area contributed by atoms with Gasteiger partial charge in [0.2, 0.25) is 0 Å². The lowest BCUT2D eigenvalue weighted by Crippen LogP contribution is -2.11. The van der Waals surface area contributed by atoms with Crippen molar-refractivity contribution in [3.8, 4) is 33.4 Å². The van der Waals surface area contributed by atoms with E-state index in [0.29, 0.717) is 0 Å². The molecule has 0 bridgehead atoms. The normalized spacial score (nSPS) is 11.3. The standard InChI is InChI=1S/C59H42N2O/c1-41-14-13-23-57-59(41)54-37-36-53(40-58(54)62-57)61(56-39-48-18-12-11-17-47(48)38-55(56)46-15-5-2-6-16-46)52-34-30-45(31-35-52)43-26-24-42(25-27-43)44-28-32-51(33-29-44)60(49-19-7-3-8-20-49)50-21-9-4-10-22-50/h2-40H,1H3. The number of para-hydroxylation sites is 2. The molecule has 3 heteroatoms. The Hall–Kier alpha value is -8.14. The Morgan fingerprint density at radius 3 is 1.37 bits per heavy atom. The molecule has 1 aromatic heterocycles. The van der Waals surface area contributed by atoms with Crippen LogP contribution in [0.4, 0.5) is 34.1 Å². The second kappa shape index (κ2) is 15.8. The summed E-state index contributed by atoms with van der Waals surface area (Å²) in [5.41, 5.74) is 16.5. The maximum Gasteiger partial charge on any atom is 0.137 e. The number of nitrogens with zero attached hydrogens (tertiary/aromatic N) is 2. The van der Waals surface area contributed by atoms with Gasteiger partial charge in [-0.05, 0) is 130 Å². The van der Waals surface area contributed by atoms with Crippen LogP contribution in [-0.2, 0) is 0 Å². The Bertz CT molecular complexity index is 3280. The second-order valence-corrected chi connectivity index (χ2v) is 15.8. The molecule has 0 unspecified atom stereocenters. The van der Waals surface area contributed by atoms with Gasteiger partial charge in [0.05, 0.1) is 5.69 Å². The van der Waals surface area contributed by atoms with E-state index >= 15 is 0 Å². The first-order valence-corrected chi connectivity index (χ1v) is 21.2. The molecule has 11 aromatic rings. The first kappa shape index (κ1) is 36.9. The Kier molecular flexibility index (Phi) is 9.40. The summed E-state index contributed by atoms with van der Waals surface area (Å²) in [4.78, 5) is 4.67. The average molecular weight is 795 g/mol. The van der Waals surface area contributed by atoms with Gasteiger partial charge in [-0.25, -0.2) is 0 Å². The second-order valence-electron chi connectivity index (χ2n) is 15.8. The molecule has 0 aliphatic carbocycles. The van der Waals surface area contributed by atoms with Gasteiger partial charge in [-0.1, -0.05) is 152 Å². The third-order valence-electron chi connectivity index (χ3n) is 12.0. The van der Waals surface area contributed by atoms with Gasteiger partial charge in [-0.15, -0.1) is 0 Å². The first-order valence-electron chi connectivity index (χ1n) is 21.2. The number of aryl methyl sites for hydroxylation is 1. The highest BCUT2D eigenvalue weighted by Crippen LogP contribution is 2.45. The lowest BCUT2D eigenvalue weighted by Gasteiger charge is -2.28. The van der Waals surface area contributed by atoms with Gasteiger partial charge in [-0.2, -0.15) is 0 Å². The molecule has 1 heterocycles. The van der Waals surface area contributed by atoms with E-state index in [1.54, 1.807) is 0 Å². The van der Waals surface area contributed by atoms with Gasteiger partial charge in [0.1, 0.15) is 11.2 Å². The van der Waals surface area contributed by atoms with Crippen LogP contribution in [0.2, 0.25) is 0 Å². The Morgan fingerprint density at radius 1 is 0.323 bits per heavy atom. The average Bonchev–Trinajstić information content (AvgIpc) is 3.72. The van der Waals surface area contributed by atoms with Gasteiger partial charge in [0.25, 0.3) is 0 Å². The van der Waals surface area contributed by atoms with Crippen molar-refractivity contribution < 1.29 is 4.42 Å². The minimum Gasteiger partial charge on any atom is -0.456 e. The summed E-state index contributed by atoms with van der Waals surface area (Å²) in [5.74, 6) is 0. The lowest BCUT2D eigenvalue weighted by atomic mass is 9.97. The summed E-state index contributed by atoms with van der Waals surface area (Å²) < 4.78 is 6.52. The molecular formula is C59H42N2O. The fraction of sp³-hybridized carbons (Fsp3) is 0.0169. The minimum absolute atomic E-state index is 0.870. The molecule has 0 fully saturated rings. The summed E-state index contributed by atoms with van der Waals surface area (Å²) in [6.07, 6.45) is 0. The number of furan rings is 1. The number of hydrogen-bond donors (Lipinski definition) is 0. The summed E-state index contributed by atoms with van der Waals surface area (Å²) in [7, 11) is 0. The van der Waals surface area contributed by atoms with E-state index in [1.165, 1.54) is 32.8 Å². The summed E-state index contributed by atoms with van der Waals surface area (Å²) in [5, 5.41) is 4.68. The van der Waals surface area contributed by atoms with Crippen LogP contribution in [0, 0.1) is 6.92 Å². The molecule has 0 saturated carbocycles. The molecule has 0 radical (unpaired) electrons. The van der Waals surface area contributed by atoms with Gasteiger partial charge in [-0.3, -0.25) is 0 Å². The van der Waals surface area contributed by atoms with E-state index in [0.717, 1.165) is 72.9 Å². The highest BCUT2D eigenvalue weighted by Gasteiger charge is 2.21. The molecule has 0 aliphatic rings. The number of rotatable bonds is 9. The minimum atomic E-state index is 0.870. The lowest BCUT2D eigenvalue weighted by molar-refractivity contribution is 0.669. The van der Waals surface area contributed by atoms with Crippen molar-refractivity contribution in [3.63, 3.8) is 0 Å². The molecule has 0 amide bonds. The molecule has 10 aromatic carbocycles. The Morgan fingerprint density at radius 2 is 0.790 bits per heavy atom. The van der Waals surface area contributed by atoms with Crippen molar-refractivity contribution in [3.05, 3.63) is 242 Å². The van der Waals surface area contributed by atoms with E-state index in [9.17, 15) is 0 Å². The van der Waals surface area contributed by atoms with Crippen molar-refractivity contribution in [1.82, 2.24) is 0 Å². The van der Waals surface area contributed by atoms with Gasteiger partial charge < -0.3 is 14.2 Å². The van der Waals surface area contributed by atoms with Crippen molar-refractivity contribution in [2.24, 2.45) is 0 Å². The predicted octanol–water partition coefficient (Wildman–Crippen LogP) is 17.0. The highest BCUT2D eigenvalue weighted by molar-refractivity contribution is 6.08. The van der Waals surface area contributed by atoms with Gasteiger partial charge in [0.15, 0.2) is 0 Å². The fourth-order valence-corrected chi connectivity index (χ4v) is 8.88. The zero-order chi connectivity index (χ0) is 41.4. The van der Waals surface area contributed by atoms with Crippen LogP contribution in [0.15, 0.2) is 241 Å². The number of anilines is 6. The molecule has 0 atom stereocenters. The summed E-state index contributed by atoms with van der Waals surface area (Å²) in [6.45, 7) is 2.15. The summed E-state index contributed by atoms with van der Waals surface area (Å²) in [6, 6.07) is 84.6. The van der Waals surface area contributed by atoms with Crippen LogP contribution in [0.25, 0.3) is 66.1 Å². The van der Waals surface area contributed by atoms with Crippen LogP contribution in [-0.4, -0.2) is 0 Å². The highest BCUT2D eigenvalue weighted by atomic mass is 16.3. The molecular weight excluding hydrogens is 753 g/mol. The fourth-order valence-electron chi connectivity index (χ4n) is 8.88. The zero-order valence-corrected chi connectivity index (χ0v) is 34.3. The van der Waals surface area contributed by atoms with Crippen LogP contribution in [0.1, 0.15) is 5.56 Å². The number of hydrogen-bond acceptors (Lipinski definition) is 3. The third-order valence-corrected chi connectivity index (χ3v) is 12.0. The quantitative estimate of drug-likeness (QED) is 0.145. The van der Waals surface area contributed by atoms with E-state index in [1.807, 2.05) is 0 Å². The van der Waals surface area contributed by atoms with Gasteiger partial charge in [0, 0.05) is 50.8 Å². The smallest absolute Gasteiger partial charge is 0.137 e. The SMILES string of the molecule is Cc1cccc2oc3cc(N(c4ccc(-c5ccc(-c6ccc(N(c7ccccc7)c7ccccc7)cc6)cc5)cc4)c4cc5ccccc5cc4-c4ccccc4)ccc3c12. The molecule has 0 saturated heterocycles. The van der Waals surface area contributed by atoms with E-state index < -0.39 is 0 Å². The molecule has 0 spiro atoms. The summed E-state index contributed by atoms with van der Waals surface area (Å²) >= 11 is 0. The topological polar surface area (TPSA) is 19.6 Å². The van der Waals surface area contributed by atoms with Crippen LogP contribution < -0.4 is 9.80 Å². The van der Waals surface area contributed by atoms with Gasteiger partial charge >= 0.3 is 0 Å². The van der Waals surface area contributed by atoms with Crippen LogP contribution in [0.5, 0.6) is 0 Å². The van der Waals surface area contributed by atoms with Crippen molar-refractivity contribution in [2.75, 3.05) is 9.80 Å². The Balaban J connectivity index is 0.952.